The van der Waals surface area contributed by atoms with Crippen LogP contribution < -0.4 is 15.5 Å². The van der Waals surface area contributed by atoms with Gasteiger partial charge in [-0.3, -0.25) is 9.59 Å². The van der Waals surface area contributed by atoms with Crippen molar-refractivity contribution in [2.75, 3.05) is 28.6 Å². The van der Waals surface area contributed by atoms with Crippen molar-refractivity contribution in [3.05, 3.63) is 53.6 Å². The topological polar surface area (TPSA) is 61.4 Å². The number of anilines is 3. The van der Waals surface area contributed by atoms with Crippen LogP contribution in [0.4, 0.5) is 17.1 Å². The summed E-state index contributed by atoms with van der Waals surface area (Å²) in [5, 5.41) is 5.24. The van der Waals surface area contributed by atoms with Crippen molar-refractivity contribution in [1.29, 1.82) is 0 Å². The lowest BCUT2D eigenvalue weighted by Crippen LogP contribution is -2.29. The van der Waals surface area contributed by atoms with Gasteiger partial charge in [0, 0.05) is 30.2 Å². The van der Waals surface area contributed by atoms with E-state index in [-0.39, 0.29) is 0 Å². The summed E-state index contributed by atoms with van der Waals surface area (Å²) in [6.07, 6.45) is 0. The van der Waals surface area contributed by atoms with Gasteiger partial charge in [-0.25, -0.2) is 0 Å². The minimum absolute atomic E-state index is 0.594. The van der Waals surface area contributed by atoms with E-state index < -0.39 is 11.8 Å². The number of amides is 2. The van der Waals surface area contributed by atoms with Crippen LogP contribution in [0.2, 0.25) is 0 Å². The first kappa shape index (κ1) is 18.5. The first-order valence-electron chi connectivity index (χ1n) is 8.49. The Morgan fingerprint density at radius 2 is 1.32 bits per heavy atom. The van der Waals surface area contributed by atoms with E-state index in [0.717, 1.165) is 29.9 Å². The van der Waals surface area contributed by atoms with Crippen molar-refractivity contribution >= 4 is 28.9 Å². The number of benzene rings is 2. The summed E-state index contributed by atoms with van der Waals surface area (Å²) in [6.45, 7) is 9.98. The van der Waals surface area contributed by atoms with Gasteiger partial charge in [-0.1, -0.05) is 6.07 Å². The molecule has 0 unspecified atom stereocenters. The third-order valence-corrected chi connectivity index (χ3v) is 4.22. The predicted molar refractivity (Wildman–Crippen MR) is 103 cm³/mol. The number of aryl methyl sites for hydroxylation is 2. The lowest BCUT2D eigenvalue weighted by Gasteiger charge is -2.21. The smallest absolute Gasteiger partial charge is 0.314 e. The number of rotatable bonds is 5. The molecule has 5 heteroatoms. The van der Waals surface area contributed by atoms with E-state index in [2.05, 4.69) is 29.4 Å². The van der Waals surface area contributed by atoms with Crippen LogP contribution in [0, 0.1) is 13.8 Å². The zero-order valence-electron chi connectivity index (χ0n) is 15.2. The number of carbonyl (C=O) groups excluding carboxylic acids is 2. The average Bonchev–Trinajstić information content (AvgIpc) is 2.60. The number of hydrogen-bond donors (Lipinski definition) is 2. The first-order valence-corrected chi connectivity index (χ1v) is 8.49. The fraction of sp³-hybridized carbons (Fsp3) is 0.300. The van der Waals surface area contributed by atoms with Crippen LogP contribution in [0.5, 0.6) is 0 Å². The Kier molecular flexibility index (Phi) is 6.17. The maximum Gasteiger partial charge on any atom is 0.314 e. The molecular formula is C20H25N3O2. The lowest BCUT2D eigenvalue weighted by atomic mass is 10.1. The first-order chi connectivity index (χ1) is 11.9. The van der Waals surface area contributed by atoms with Gasteiger partial charge in [-0.05, 0) is 75.2 Å². The standard InChI is InChI=1S/C20H25N3O2/c1-5-23(6-2)18-11-9-16(10-12-18)21-19(24)20(25)22-17-8-7-14(3)15(4)13-17/h7-13H,5-6H2,1-4H3,(H,21,24)(H,22,25). The molecule has 5 nitrogen and oxygen atoms in total. The Morgan fingerprint density at radius 1 is 0.800 bits per heavy atom. The maximum absolute atomic E-state index is 12.1. The Morgan fingerprint density at radius 3 is 1.84 bits per heavy atom. The highest BCUT2D eigenvalue weighted by atomic mass is 16.2. The molecule has 0 fully saturated rings. The monoisotopic (exact) mass is 339 g/mol. The van der Waals surface area contributed by atoms with Gasteiger partial charge >= 0.3 is 11.8 Å². The SMILES string of the molecule is CCN(CC)c1ccc(NC(=O)C(=O)Nc2ccc(C)c(C)c2)cc1. The average molecular weight is 339 g/mol. The summed E-state index contributed by atoms with van der Waals surface area (Å²) in [6, 6.07) is 13.0. The van der Waals surface area contributed by atoms with Crippen molar-refractivity contribution in [2.45, 2.75) is 27.7 Å². The molecule has 2 N–H and O–H groups in total. The van der Waals surface area contributed by atoms with Crippen LogP contribution in [0.15, 0.2) is 42.5 Å². The third-order valence-electron chi connectivity index (χ3n) is 4.22. The van der Waals surface area contributed by atoms with Crippen molar-refractivity contribution in [3.8, 4) is 0 Å². The minimum Gasteiger partial charge on any atom is -0.372 e. The number of hydrogen-bond acceptors (Lipinski definition) is 3. The Bertz CT molecular complexity index is 750. The molecule has 0 aliphatic carbocycles. The van der Waals surface area contributed by atoms with Crippen molar-refractivity contribution in [1.82, 2.24) is 0 Å². The Balaban J connectivity index is 1.98. The molecular weight excluding hydrogens is 314 g/mol. The molecule has 0 aliphatic heterocycles. The third kappa shape index (κ3) is 4.83. The van der Waals surface area contributed by atoms with Crippen molar-refractivity contribution < 1.29 is 9.59 Å². The number of nitrogens with one attached hydrogen (secondary N) is 2. The number of carbonyl (C=O) groups is 2. The molecule has 0 spiro atoms. The highest BCUT2D eigenvalue weighted by molar-refractivity contribution is 6.43. The van der Waals surface area contributed by atoms with Crippen LogP contribution in [-0.4, -0.2) is 24.9 Å². The van der Waals surface area contributed by atoms with Crippen LogP contribution in [0.1, 0.15) is 25.0 Å². The fourth-order valence-corrected chi connectivity index (χ4v) is 2.54. The highest BCUT2D eigenvalue weighted by Crippen LogP contribution is 2.18. The molecule has 0 aliphatic rings. The van der Waals surface area contributed by atoms with E-state index in [1.807, 2.05) is 38.1 Å². The van der Waals surface area contributed by atoms with Crippen LogP contribution in [0.25, 0.3) is 0 Å². The molecule has 2 aromatic rings. The van der Waals surface area contributed by atoms with Crippen LogP contribution in [-0.2, 0) is 9.59 Å². The molecule has 2 amide bonds. The van der Waals surface area contributed by atoms with E-state index >= 15 is 0 Å². The summed E-state index contributed by atoms with van der Waals surface area (Å²) in [5.74, 6) is -1.37. The quantitative estimate of drug-likeness (QED) is 0.816. The second kappa shape index (κ2) is 8.33. The minimum atomic E-state index is -0.686. The fourth-order valence-electron chi connectivity index (χ4n) is 2.54. The van der Waals surface area contributed by atoms with Gasteiger partial charge in [0.25, 0.3) is 0 Å². The van der Waals surface area contributed by atoms with E-state index in [1.165, 1.54) is 0 Å². The van der Waals surface area contributed by atoms with Crippen LogP contribution in [0.3, 0.4) is 0 Å². The second-order valence-corrected chi connectivity index (χ2v) is 5.93. The lowest BCUT2D eigenvalue weighted by molar-refractivity contribution is -0.132. The zero-order valence-corrected chi connectivity index (χ0v) is 15.2. The van der Waals surface area contributed by atoms with Gasteiger partial charge in [-0.15, -0.1) is 0 Å². The van der Waals surface area contributed by atoms with E-state index in [0.29, 0.717) is 11.4 Å². The highest BCUT2D eigenvalue weighted by Gasteiger charge is 2.14. The molecule has 0 aromatic heterocycles. The summed E-state index contributed by atoms with van der Waals surface area (Å²) < 4.78 is 0. The molecule has 132 valence electrons. The molecule has 2 aromatic carbocycles. The van der Waals surface area contributed by atoms with Gasteiger partial charge in [-0.2, -0.15) is 0 Å². The van der Waals surface area contributed by atoms with E-state index in [4.69, 9.17) is 0 Å². The molecule has 0 saturated heterocycles. The van der Waals surface area contributed by atoms with Crippen molar-refractivity contribution in [2.24, 2.45) is 0 Å². The molecule has 25 heavy (non-hydrogen) atoms. The van der Waals surface area contributed by atoms with Gasteiger partial charge < -0.3 is 15.5 Å². The largest absolute Gasteiger partial charge is 0.372 e. The predicted octanol–water partition coefficient (Wildman–Crippen LogP) is 3.73. The molecule has 0 atom stereocenters. The molecule has 0 saturated carbocycles. The second-order valence-electron chi connectivity index (χ2n) is 5.93. The summed E-state index contributed by atoms with van der Waals surface area (Å²) in [7, 11) is 0. The van der Waals surface area contributed by atoms with E-state index in [9.17, 15) is 9.59 Å². The van der Waals surface area contributed by atoms with Gasteiger partial charge in [0.1, 0.15) is 0 Å². The zero-order chi connectivity index (χ0) is 18.4. The van der Waals surface area contributed by atoms with E-state index in [1.54, 1.807) is 18.2 Å². The van der Waals surface area contributed by atoms with Gasteiger partial charge in [0.2, 0.25) is 0 Å². The summed E-state index contributed by atoms with van der Waals surface area (Å²) in [5.41, 5.74) is 4.49. The van der Waals surface area contributed by atoms with Gasteiger partial charge in [0.15, 0.2) is 0 Å². The van der Waals surface area contributed by atoms with Crippen LogP contribution >= 0.6 is 0 Å². The molecule has 0 heterocycles. The Hall–Kier alpha value is -2.82. The van der Waals surface area contributed by atoms with Gasteiger partial charge in [0.05, 0.1) is 0 Å². The molecule has 0 radical (unpaired) electrons. The normalized spacial score (nSPS) is 10.2. The maximum atomic E-state index is 12.1. The molecule has 0 bridgehead atoms. The summed E-state index contributed by atoms with van der Waals surface area (Å²) in [4.78, 5) is 26.3. The summed E-state index contributed by atoms with van der Waals surface area (Å²) >= 11 is 0. The number of nitrogens with zero attached hydrogens (tertiary/aromatic N) is 1. The van der Waals surface area contributed by atoms with Crippen molar-refractivity contribution in [3.63, 3.8) is 0 Å². The Labute approximate surface area is 149 Å². The molecule has 2 rings (SSSR count).